The molecule has 1 aromatic rings. The number of piperidine rings is 1. The molecule has 0 saturated carbocycles. The number of nitrogens with zero attached hydrogens (tertiary/aromatic N) is 1. The minimum Gasteiger partial charge on any atom is -0.371 e. The number of hydrogen-bond donors (Lipinski definition) is 0. The molecule has 0 atom stereocenters. The van der Waals surface area contributed by atoms with E-state index in [4.69, 9.17) is 11.6 Å². The van der Waals surface area contributed by atoms with Crippen LogP contribution >= 0.6 is 11.6 Å². The first-order chi connectivity index (χ1) is 8.70. The molecule has 2 rings (SSSR count). The number of hydrogen-bond acceptors (Lipinski definition) is 2. The first-order valence-corrected chi connectivity index (χ1v) is 7.11. The Balaban J connectivity index is 1.92. The van der Waals surface area contributed by atoms with Crippen molar-refractivity contribution in [3.63, 3.8) is 0 Å². The fourth-order valence-corrected chi connectivity index (χ4v) is 2.77. The van der Waals surface area contributed by atoms with Crippen LogP contribution in [0.15, 0.2) is 24.3 Å². The van der Waals surface area contributed by atoms with Crippen molar-refractivity contribution in [2.75, 3.05) is 18.0 Å². The van der Waals surface area contributed by atoms with Crippen LogP contribution in [0.2, 0.25) is 5.02 Å². The maximum atomic E-state index is 11.9. The maximum Gasteiger partial charge on any atom is 0.136 e. The molecule has 0 amide bonds. The standard InChI is InChI=1S/C15H20ClNO/c1-2-4-15(18)12-7-9-17(10-8-12)14-6-3-5-13(16)11-14/h3,5-6,11-12H,2,4,7-10H2,1H3. The molecule has 2 nitrogen and oxygen atoms in total. The van der Waals surface area contributed by atoms with Crippen molar-refractivity contribution in [1.29, 1.82) is 0 Å². The average molecular weight is 266 g/mol. The van der Waals surface area contributed by atoms with E-state index in [1.54, 1.807) is 0 Å². The molecule has 0 radical (unpaired) electrons. The third-order valence-corrected chi connectivity index (χ3v) is 3.86. The minimum atomic E-state index is 0.278. The summed E-state index contributed by atoms with van der Waals surface area (Å²) in [6.45, 7) is 3.99. The SMILES string of the molecule is CCCC(=O)C1CCN(c2cccc(Cl)c2)CC1. The molecule has 1 aliphatic rings. The Hall–Kier alpha value is -1.02. The lowest BCUT2D eigenvalue weighted by molar-refractivity contribution is -0.123. The third-order valence-electron chi connectivity index (χ3n) is 3.62. The van der Waals surface area contributed by atoms with Crippen molar-refractivity contribution in [2.45, 2.75) is 32.6 Å². The lowest BCUT2D eigenvalue weighted by Crippen LogP contribution is -2.36. The fourth-order valence-electron chi connectivity index (χ4n) is 2.58. The zero-order valence-electron chi connectivity index (χ0n) is 10.9. The molecular weight excluding hydrogens is 246 g/mol. The topological polar surface area (TPSA) is 20.3 Å². The van der Waals surface area contributed by atoms with E-state index in [0.717, 1.165) is 43.8 Å². The van der Waals surface area contributed by atoms with Gasteiger partial charge in [0, 0.05) is 36.1 Å². The van der Waals surface area contributed by atoms with Crippen molar-refractivity contribution in [2.24, 2.45) is 5.92 Å². The van der Waals surface area contributed by atoms with E-state index in [-0.39, 0.29) is 5.92 Å². The van der Waals surface area contributed by atoms with E-state index >= 15 is 0 Å². The smallest absolute Gasteiger partial charge is 0.136 e. The normalized spacial score (nSPS) is 16.9. The Bertz CT molecular complexity index is 411. The second kappa shape index (κ2) is 6.24. The van der Waals surface area contributed by atoms with Gasteiger partial charge in [-0.2, -0.15) is 0 Å². The number of halogens is 1. The van der Waals surface area contributed by atoms with Gasteiger partial charge in [0.05, 0.1) is 0 Å². The van der Waals surface area contributed by atoms with Gasteiger partial charge in [-0.25, -0.2) is 0 Å². The molecule has 0 aromatic heterocycles. The van der Waals surface area contributed by atoms with Gasteiger partial charge < -0.3 is 4.90 Å². The molecule has 0 spiro atoms. The van der Waals surface area contributed by atoms with Crippen molar-refractivity contribution >= 4 is 23.1 Å². The fraction of sp³-hybridized carbons (Fsp3) is 0.533. The number of Topliss-reactive ketones (excluding diaryl/α,β-unsaturated/α-hetero) is 1. The van der Waals surface area contributed by atoms with Crippen LogP contribution in [0, 0.1) is 5.92 Å². The van der Waals surface area contributed by atoms with Gasteiger partial charge >= 0.3 is 0 Å². The summed E-state index contributed by atoms with van der Waals surface area (Å²) >= 11 is 6.00. The Kier molecular flexibility index (Phi) is 4.65. The minimum absolute atomic E-state index is 0.278. The number of carbonyl (C=O) groups is 1. The van der Waals surface area contributed by atoms with Crippen LogP contribution in [0.3, 0.4) is 0 Å². The average Bonchev–Trinajstić information content (AvgIpc) is 2.39. The van der Waals surface area contributed by atoms with Crippen LogP contribution in [0.5, 0.6) is 0 Å². The van der Waals surface area contributed by atoms with E-state index in [9.17, 15) is 4.79 Å². The second-order valence-corrected chi connectivity index (χ2v) is 5.39. The predicted molar refractivity (Wildman–Crippen MR) is 76.3 cm³/mol. The zero-order valence-corrected chi connectivity index (χ0v) is 11.6. The molecule has 1 aliphatic heterocycles. The Morgan fingerprint density at radius 3 is 2.72 bits per heavy atom. The van der Waals surface area contributed by atoms with Crippen molar-refractivity contribution in [1.82, 2.24) is 0 Å². The van der Waals surface area contributed by atoms with Crippen LogP contribution in [-0.4, -0.2) is 18.9 Å². The van der Waals surface area contributed by atoms with Crippen molar-refractivity contribution < 1.29 is 4.79 Å². The monoisotopic (exact) mass is 265 g/mol. The summed E-state index contributed by atoms with van der Waals surface area (Å²) in [7, 11) is 0. The number of rotatable bonds is 4. The first kappa shape index (κ1) is 13.4. The molecule has 0 bridgehead atoms. The Labute approximate surface area is 114 Å². The number of carbonyl (C=O) groups excluding carboxylic acids is 1. The van der Waals surface area contributed by atoms with E-state index in [0.29, 0.717) is 5.78 Å². The molecule has 0 N–H and O–H groups in total. The highest BCUT2D eigenvalue weighted by Crippen LogP contribution is 2.26. The molecular formula is C15H20ClNO. The zero-order chi connectivity index (χ0) is 13.0. The van der Waals surface area contributed by atoms with Gasteiger partial charge in [-0.3, -0.25) is 4.79 Å². The first-order valence-electron chi connectivity index (χ1n) is 6.74. The highest BCUT2D eigenvalue weighted by molar-refractivity contribution is 6.30. The molecule has 1 aromatic carbocycles. The van der Waals surface area contributed by atoms with E-state index in [2.05, 4.69) is 17.9 Å². The highest BCUT2D eigenvalue weighted by atomic mass is 35.5. The van der Waals surface area contributed by atoms with Crippen LogP contribution in [0.25, 0.3) is 0 Å². The number of benzene rings is 1. The molecule has 18 heavy (non-hydrogen) atoms. The van der Waals surface area contributed by atoms with Crippen LogP contribution in [-0.2, 0) is 4.79 Å². The van der Waals surface area contributed by atoms with Gasteiger partial charge in [0.1, 0.15) is 5.78 Å². The summed E-state index contributed by atoms with van der Waals surface area (Å²) in [6, 6.07) is 7.95. The second-order valence-electron chi connectivity index (χ2n) is 4.96. The van der Waals surface area contributed by atoms with Gasteiger partial charge in [0.15, 0.2) is 0 Å². The number of anilines is 1. The molecule has 3 heteroatoms. The highest BCUT2D eigenvalue weighted by Gasteiger charge is 2.24. The largest absolute Gasteiger partial charge is 0.371 e. The maximum absolute atomic E-state index is 11.9. The van der Waals surface area contributed by atoms with Gasteiger partial charge in [-0.1, -0.05) is 24.6 Å². The van der Waals surface area contributed by atoms with Gasteiger partial charge in [-0.05, 0) is 37.5 Å². The predicted octanol–water partition coefficient (Wildman–Crippen LogP) is 3.93. The quantitative estimate of drug-likeness (QED) is 0.822. The van der Waals surface area contributed by atoms with Gasteiger partial charge in [-0.15, -0.1) is 0 Å². The summed E-state index contributed by atoms with van der Waals surface area (Å²) in [5, 5.41) is 0.775. The Morgan fingerprint density at radius 1 is 1.39 bits per heavy atom. The van der Waals surface area contributed by atoms with Crippen LogP contribution < -0.4 is 4.90 Å². The van der Waals surface area contributed by atoms with Gasteiger partial charge in [0.2, 0.25) is 0 Å². The van der Waals surface area contributed by atoms with Crippen molar-refractivity contribution in [3.8, 4) is 0 Å². The molecule has 1 heterocycles. The lowest BCUT2D eigenvalue weighted by Gasteiger charge is -2.33. The summed E-state index contributed by atoms with van der Waals surface area (Å²) < 4.78 is 0. The van der Waals surface area contributed by atoms with E-state index < -0.39 is 0 Å². The van der Waals surface area contributed by atoms with Crippen LogP contribution in [0.1, 0.15) is 32.6 Å². The van der Waals surface area contributed by atoms with Crippen LogP contribution in [0.4, 0.5) is 5.69 Å². The molecule has 0 aliphatic carbocycles. The van der Waals surface area contributed by atoms with E-state index in [1.807, 2.05) is 18.2 Å². The van der Waals surface area contributed by atoms with Crippen molar-refractivity contribution in [3.05, 3.63) is 29.3 Å². The Morgan fingerprint density at radius 2 is 2.11 bits per heavy atom. The summed E-state index contributed by atoms with van der Waals surface area (Å²) in [6.07, 6.45) is 3.66. The summed E-state index contributed by atoms with van der Waals surface area (Å²) in [5.74, 6) is 0.726. The third kappa shape index (κ3) is 3.26. The lowest BCUT2D eigenvalue weighted by atomic mass is 9.90. The molecule has 98 valence electrons. The number of ketones is 1. The summed E-state index contributed by atoms with van der Waals surface area (Å²) in [5.41, 5.74) is 1.17. The molecule has 1 saturated heterocycles. The summed E-state index contributed by atoms with van der Waals surface area (Å²) in [4.78, 5) is 14.2. The van der Waals surface area contributed by atoms with Gasteiger partial charge in [0.25, 0.3) is 0 Å². The van der Waals surface area contributed by atoms with E-state index in [1.165, 1.54) is 5.69 Å². The molecule has 1 fully saturated rings. The molecule has 0 unspecified atom stereocenters.